The number of amides is 1. The SMILES string of the molecule is CC(C)(C)n1cc(C[C@@H]2CCC(=O)N2)cn1. The van der Waals surface area contributed by atoms with Crippen LogP contribution in [0.5, 0.6) is 0 Å². The molecule has 0 spiro atoms. The average molecular weight is 221 g/mol. The molecule has 1 saturated heterocycles. The van der Waals surface area contributed by atoms with Crippen LogP contribution in [0.4, 0.5) is 0 Å². The van der Waals surface area contributed by atoms with Gasteiger partial charge in [-0.15, -0.1) is 0 Å². The number of rotatable bonds is 2. The van der Waals surface area contributed by atoms with Crippen molar-refractivity contribution >= 4 is 5.91 Å². The molecule has 0 saturated carbocycles. The Labute approximate surface area is 96.0 Å². The molecule has 1 aromatic heterocycles. The Bertz CT molecular complexity index is 389. The molecule has 2 rings (SSSR count). The van der Waals surface area contributed by atoms with Gasteiger partial charge in [0.1, 0.15) is 0 Å². The Hall–Kier alpha value is -1.32. The molecule has 1 N–H and O–H groups in total. The lowest BCUT2D eigenvalue weighted by molar-refractivity contribution is -0.119. The van der Waals surface area contributed by atoms with Crippen molar-refractivity contribution in [2.24, 2.45) is 0 Å². The van der Waals surface area contributed by atoms with Gasteiger partial charge in [0, 0.05) is 18.7 Å². The van der Waals surface area contributed by atoms with Crippen molar-refractivity contribution in [2.45, 2.75) is 51.6 Å². The lowest BCUT2D eigenvalue weighted by atomic mass is 10.1. The molecular formula is C12H19N3O. The fourth-order valence-corrected chi connectivity index (χ4v) is 1.95. The summed E-state index contributed by atoms with van der Waals surface area (Å²) in [5.41, 5.74) is 1.22. The Balaban J connectivity index is 2.00. The first kappa shape index (κ1) is 11.2. The third-order valence-corrected chi connectivity index (χ3v) is 2.89. The first-order chi connectivity index (χ1) is 7.45. The van der Waals surface area contributed by atoms with Crippen LogP contribution in [-0.2, 0) is 16.8 Å². The van der Waals surface area contributed by atoms with E-state index in [2.05, 4.69) is 37.4 Å². The standard InChI is InChI=1S/C12H19N3O/c1-12(2,3)15-8-9(7-13-15)6-10-4-5-11(16)14-10/h7-8,10H,4-6H2,1-3H3,(H,14,16)/t10-/m0/s1. The summed E-state index contributed by atoms with van der Waals surface area (Å²) < 4.78 is 1.97. The molecule has 1 atom stereocenters. The Kier molecular flexibility index (Phi) is 2.74. The average Bonchev–Trinajstić information content (AvgIpc) is 2.74. The molecule has 1 fully saturated rings. The number of hydrogen-bond acceptors (Lipinski definition) is 2. The molecule has 0 aromatic carbocycles. The largest absolute Gasteiger partial charge is 0.353 e. The van der Waals surface area contributed by atoms with Crippen LogP contribution in [0.3, 0.4) is 0 Å². The fraction of sp³-hybridized carbons (Fsp3) is 0.667. The van der Waals surface area contributed by atoms with Crippen molar-refractivity contribution in [3.8, 4) is 0 Å². The van der Waals surface area contributed by atoms with Gasteiger partial charge in [0.25, 0.3) is 0 Å². The highest BCUT2D eigenvalue weighted by atomic mass is 16.1. The molecular weight excluding hydrogens is 202 g/mol. The maximum atomic E-state index is 11.1. The molecule has 1 aliphatic rings. The molecule has 88 valence electrons. The molecule has 1 aliphatic heterocycles. The topological polar surface area (TPSA) is 46.9 Å². The van der Waals surface area contributed by atoms with E-state index in [1.165, 1.54) is 5.56 Å². The third-order valence-electron chi connectivity index (χ3n) is 2.89. The molecule has 2 heterocycles. The summed E-state index contributed by atoms with van der Waals surface area (Å²) in [6.07, 6.45) is 6.47. The van der Waals surface area contributed by atoms with Crippen molar-refractivity contribution in [1.29, 1.82) is 0 Å². The number of nitrogens with zero attached hydrogens (tertiary/aromatic N) is 2. The lowest BCUT2D eigenvalue weighted by Crippen LogP contribution is -2.27. The van der Waals surface area contributed by atoms with Crippen LogP contribution in [0.25, 0.3) is 0 Å². The first-order valence-electron chi connectivity index (χ1n) is 5.78. The smallest absolute Gasteiger partial charge is 0.220 e. The van der Waals surface area contributed by atoms with Crippen molar-refractivity contribution in [1.82, 2.24) is 15.1 Å². The predicted octanol–water partition coefficient (Wildman–Crippen LogP) is 1.46. The summed E-state index contributed by atoms with van der Waals surface area (Å²) >= 11 is 0. The second-order valence-electron chi connectivity index (χ2n) is 5.47. The van der Waals surface area contributed by atoms with E-state index >= 15 is 0 Å². The van der Waals surface area contributed by atoms with Gasteiger partial charge < -0.3 is 5.32 Å². The second kappa shape index (κ2) is 3.92. The monoisotopic (exact) mass is 221 g/mol. The first-order valence-corrected chi connectivity index (χ1v) is 5.78. The summed E-state index contributed by atoms with van der Waals surface area (Å²) in [5.74, 6) is 0.174. The fourth-order valence-electron chi connectivity index (χ4n) is 1.95. The summed E-state index contributed by atoms with van der Waals surface area (Å²) in [4.78, 5) is 11.1. The molecule has 4 nitrogen and oxygen atoms in total. The molecule has 0 aliphatic carbocycles. The van der Waals surface area contributed by atoms with E-state index in [-0.39, 0.29) is 11.4 Å². The van der Waals surface area contributed by atoms with Crippen LogP contribution in [0.15, 0.2) is 12.4 Å². The van der Waals surface area contributed by atoms with Crippen LogP contribution >= 0.6 is 0 Å². The van der Waals surface area contributed by atoms with Crippen LogP contribution < -0.4 is 5.32 Å². The van der Waals surface area contributed by atoms with Gasteiger partial charge in [-0.3, -0.25) is 9.48 Å². The number of carbonyl (C=O) groups is 1. The van der Waals surface area contributed by atoms with Gasteiger partial charge in [0.05, 0.1) is 11.7 Å². The number of aromatic nitrogens is 2. The summed E-state index contributed by atoms with van der Waals surface area (Å²) in [6.45, 7) is 6.38. The summed E-state index contributed by atoms with van der Waals surface area (Å²) in [6, 6.07) is 0.296. The minimum Gasteiger partial charge on any atom is -0.353 e. The Morgan fingerprint density at radius 3 is 2.81 bits per heavy atom. The van der Waals surface area contributed by atoms with Crippen molar-refractivity contribution in [3.63, 3.8) is 0 Å². The van der Waals surface area contributed by atoms with E-state index in [0.29, 0.717) is 12.5 Å². The normalized spacial score (nSPS) is 21.2. The van der Waals surface area contributed by atoms with Crippen LogP contribution in [0.1, 0.15) is 39.2 Å². The lowest BCUT2D eigenvalue weighted by Gasteiger charge is -2.18. The minimum atomic E-state index is 0.0250. The van der Waals surface area contributed by atoms with Gasteiger partial charge in [-0.25, -0.2) is 0 Å². The van der Waals surface area contributed by atoms with Crippen molar-refractivity contribution < 1.29 is 4.79 Å². The van der Waals surface area contributed by atoms with E-state index in [4.69, 9.17) is 0 Å². The van der Waals surface area contributed by atoms with E-state index in [1.807, 2.05) is 10.9 Å². The van der Waals surface area contributed by atoms with Crippen LogP contribution in [-0.4, -0.2) is 21.7 Å². The summed E-state index contributed by atoms with van der Waals surface area (Å²) in [5, 5.41) is 7.33. The maximum absolute atomic E-state index is 11.1. The van der Waals surface area contributed by atoms with E-state index in [0.717, 1.165) is 12.8 Å². The van der Waals surface area contributed by atoms with Crippen LogP contribution in [0.2, 0.25) is 0 Å². The van der Waals surface area contributed by atoms with Crippen LogP contribution in [0, 0.1) is 0 Å². The van der Waals surface area contributed by atoms with E-state index < -0.39 is 0 Å². The second-order valence-corrected chi connectivity index (χ2v) is 5.47. The molecule has 0 bridgehead atoms. The molecule has 1 amide bonds. The number of carbonyl (C=O) groups excluding carboxylic acids is 1. The van der Waals surface area contributed by atoms with Gasteiger partial charge in [-0.1, -0.05) is 0 Å². The highest BCUT2D eigenvalue weighted by Gasteiger charge is 2.22. The quantitative estimate of drug-likeness (QED) is 0.821. The molecule has 0 unspecified atom stereocenters. The molecule has 0 radical (unpaired) electrons. The zero-order chi connectivity index (χ0) is 11.8. The highest BCUT2D eigenvalue weighted by molar-refractivity contribution is 5.78. The third kappa shape index (κ3) is 2.43. The minimum absolute atomic E-state index is 0.0250. The highest BCUT2D eigenvalue weighted by Crippen LogP contribution is 2.16. The van der Waals surface area contributed by atoms with Crippen molar-refractivity contribution in [2.75, 3.05) is 0 Å². The zero-order valence-electron chi connectivity index (χ0n) is 10.2. The number of hydrogen-bond donors (Lipinski definition) is 1. The Morgan fingerprint density at radius 1 is 1.56 bits per heavy atom. The van der Waals surface area contributed by atoms with E-state index in [9.17, 15) is 4.79 Å². The van der Waals surface area contributed by atoms with Gasteiger partial charge in [-0.05, 0) is 39.2 Å². The molecule has 16 heavy (non-hydrogen) atoms. The van der Waals surface area contributed by atoms with E-state index in [1.54, 1.807) is 0 Å². The predicted molar refractivity (Wildman–Crippen MR) is 62.1 cm³/mol. The Morgan fingerprint density at radius 2 is 2.31 bits per heavy atom. The number of nitrogens with one attached hydrogen (secondary N) is 1. The maximum Gasteiger partial charge on any atom is 0.220 e. The molecule has 1 aromatic rings. The van der Waals surface area contributed by atoms with Gasteiger partial charge in [0.15, 0.2) is 0 Å². The van der Waals surface area contributed by atoms with Gasteiger partial charge >= 0.3 is 0 Å². The molecule has 4 heteroatoms. The zero-order valence-corrected chi connectivity index (χ0v) is 10.2. The van der Waals surface area contributed by atoms with Gasteiger partial charge in [0.2, 0.25) is 5.91 Å². The van der Waals surface area contributed by atoms with Gasteiger partial charge in [-0.2, -0.15) is 5.10 Å². The summed E-state index contributed by atoms with van der Waals surface area (Å²) in [7, 11) is 0. The van der Waals surface area contributed by atoms with Crippen molar-refractivity contribution in [3.05, 3.63) is 18.0 Å².